The molecule has 1 aliphatic carbocycles. The number of nitrogens with one attached hydrogen (secondary N) is 1. The zero-order valence-electron chi connectivity index (χ0n) is 11.7. The van der Waals surface area contributed by atoms with Crippen LogP contribution in [-0.2, 0) is 12.1 Å². The van der Waals surface area contributed by atoms with Crippen LogP contribution in [0.15, 0.2) is 17.8 Å². The van der Waals surface area contributed by atoms with Crippen molar-refractivity contribution in [3.05, 3.63) is 23.5 Å². The molecule has 0 radical (unpaired) electrons. The fraction of sp³-hybridized carbons (Fsp3) is 0.714. The Hall–Kier alpha value is -1.16. The summed E-state index contributed by atoms with van der Waals surface area (Å²) in [5, 5.41) is 11.8. The third-order valence-electron chi connectivity index (χ3n) is 3.29. The first-order valence-corrected chi connectivity index (χ1v) is 6.86. The zero-order valence-corrected chi connectivity index (χ0v) is 11.7. The lowest BCUT2D eigenvalue weighted by Gasteiger charge is -2.17. The Morgan fingerprint density at radius 1 is 1.39 bits per heavy atom. The molecule has 0 amide bonds. The van der Waals surface area contributed by atoms with Crippen molar-refractivity contribution in [2.45, 2.75) is 58.5 Å². The highest BCUT2D eigenvalue weighted by atomic mass is 15.4. The van der Waals surface area contributed by atoms with Crippen LogP contribution >= 0.6 is 0 Å². The predicted molar refractivity (Wildman–Crippen MR) is 73.3 cm³/mol. The average molecular weight is 248 g/mol. The highest BCUT2D eigenvalue weighted by molar-refractivity contribution is 5.07. The van der Waals surface area contributed by atoms with Crippen LogP contribution in [0.25, 0.3) is 0 Å². The van der Waals surface area contributed by atoms with Crippen molar-refractivity contribution in [1.29, 1.82) is 0 Å². The quantitative estimate of drug-likeness (QED) is 0.643. The summed E-state index contributed by atoms with van der Waals surface area (Å²) >= 11 is 0. The molecule has 100 valence electrons. The molecule has 0 atom stereocenters. The van der Waals surface area contributed by atoms with Gasteiger partial charge < -0.3 is 5.32 Å². The van der Waals surface area contributed by atoms with Gasteiger partial charge in [-0.25, -0.2) is 4.68 Å². The second-order valence-electron chi connectivity index (χ2n) is 6.01. The summed E-state index contributed by atoms with van der Waals surface area (Å²) in [7, 11) is 0. The first kappa shape index (κ1) is 13.3. The lowest BCUT2D eigenvalue weighted by molar-refractivity contribution is 0.347. The molecule has 0 unspecified atom stereocenters. The van der Waals surface area contributed by atoms with E-state index in [9.17, 15) is 0 Å². The molecule has 4 nitrogen and oxygen atoms in total. The van der Waals surface area contributed by atoms with Gasteiger partial charge in [-0.2, -0.15) is 0 Å². The van der Waals surface area contributed by atoms with E-state index in [1.54, 1.807) is 5.57 Å². The van der Waals surface area contributed by atoms with Crippen LogP contribution in [0.5, 0.6) is 0 Å². The fourth-order valence-electron chi connectivity index (χ4n) is 2.14. The Bertz CT molecular complexity index is 412. The molecule has 1 aromatic rings. The van der Waals surface area contributed by atoms with Gasteiger partial charge in [-0.1, -0.05) is 16.9 Å². The van der Waals surface area contributed by atoms with Gasteiger partial charge in [0.05, 0.1) is 17.4 Å². The van der Waals surface area contributed by atoms with Crippen molar-refractivity contribution in [2.75, 3.05) is 6.54 Å². The van der Waals surface area contributed by atoms with Gasteiger partial charge in [-0.15, -0.1) is 5.10 Å². The highest BCUT2D eigenvalue weighted by Gasteiger charge is 2.14. The van der Waals surface area contributed by atoms with Gasteiger partial charge >= 0.3 is 0 Å². The lowest BCUT2D eigenvalue weighted by Crippen LogP contribution is -2.22. The Morgan fingerprint density at radius 3 is 2.83 bits per heavy atom. The molecule has 1 N–H and O–H groups in total. The molecule has 1 aliphatic rings. The maximum Gasteiger partial charge on any atom is 0.0965 e. The number of allylic oxidation sites excluding steroid dienone is 1. The number of aromatic nitrogens is 3. The molecule has 4 heteroatoms. The Balaban J connectivity index is 1.71. The standard InChI is InChI=1S/C14H24N4/c1-14(2,3)18-11-13(16-17-18)10-15-9-8-12-6-4-5-7-12/h6,11,15H,4-5,7-10H2,1-3H3. The fourth-order valence-corrected chi connectivity index (χ4v) is 2.14. The third kappa shape index (κ3) is 3.67. The van der Waals surface area contributed by atoms with Crippen LogP contribution < -0.4 is 5.32 Å². The molecule has 0 spiro atoms. The maximum atomic E-state index is 4.19. The van der Waals surface area contributed by atoms with Crippen molar-refractivity contribution < 1.29 is 0 Å². The van der Waals surface area contributed by atoms with Crippen LogP contribution in [0.4, 0.5) is 0 Å². The summed E-state index contributed by atoms with van der Waals surface area (Å²) in [5.41, 5.74) is 2.64. The summed E-state index contributed by atoms with van der Waals surface area (Å²) < 4.78 is 1.92. The van der Waals surface area contributed by atoms with Crippen LogP contribution in [-0.4, -0.2) is 21.5 Å². The van der Waals surface area contributed by atoms with Crippen molar-refractivity contribution in [1.82, 2.24) is 20.3 Å². The van der Waals surface area contributed by atoms with Gasteiger partial charge in [0, 0.05) is 6.54 Å². The molecule has 0 aliphatic heterocycles. The Kier molecular flexibility index (Phi) is 4.17. The molecular weight excluding hydrogens is 224 g/mol. The number of hydrogen-bond acceptors (Lipinski definition) is 3. The van der Waals surface area contributed by atoms with E-state index in [4.69, 9.17) is 0 Å². The van der Waals surface area contributed by atoms with Gasteiger partial charge in [0.15, 0.2) is 0 Å². The molecule has 0 saturated carbocycles. The number of hydrogen-bond donors (Lipinski definition) is 1. The van der Waals surface area contributed by atoms with E-state index in [0.717, 1.165) is 18.8 Å². The molecule has 0 saturated heterocycles. The van der Waals surface area contributed by atoms with E-state index >= 15 is 0 Å². The molecule has 1 aromatic heterocycles. The van der Waals surface area contributed by atoms with Crippen molar-refractivity contribution in [3.63, 3.8) is 0 Å². The SMILES string of the molecule is CC(C)(C)n1cc(CNCCC2=CCCC2)nn1. The minimum Gasteiger partial charge on any atom is -0.311 e. The second kappa shape index (κ2) is 5.65. The average Bonchev–Trinajstić information content (AvgIpc) is 2.95. The van der Waals surface area contributed by atoms with Crippen molar-refractivity contribution in [3.8, 4) is 0 Å². The van der Waals surface area contributed by atoms with Crippen LogP contribution in [0, 0.1) is 0 Å². The van der Waals surface area contributed by atoms with E-state index in [0.29, 0.717) is 0 Å². The molecule has 0 aromatic carbocycles. The zero-order chi connectivity index (χ0) is 13.0. The second-order valence-corrected chi connectivity index (χ2v) is 6.01. The van der Waals surface area contributed by atoms with Crippen molar-refractivity contribution >= 4 is 0 Å². The monoisotopic (exact) mass is 248 g/mol. The van der Waals surface area contributed by atoms with Crippen LogP contribution in [0.2, 0.25) is 0 Å². The summed E-state index contributed by atoms with van der Waals surface area (Å²) in [6, 6.07) is 0. The summed E-state index contributed by atoms with van der Waals surface area (Å²) in [6.07, 6.45) is 9.50. The van der Waals surface area contributed by atoms with Crippen LogP contribution in [0.1, 0.15) is 52.1 Å². The van der Waals surface area contributed by atoms with Gasteiger partial charge in [-0.3, -0.25) is 0 Å². The third-order valence-corrected chi connectivity index (χ3v) is 3.29. The Morgan fingerprint density at radius 2 is 2.22 bits per heavy atom. The normalized spacial score (nSPS) is 16.1. The van der Waals surface area contributed by atoms with Gasteiger partial charge in [-0.05, 0) is 53.0 Å². The van der Waals surface area contributed by atoms with E-state index in [1.807, 2.05) is 10.9 Å². The van der Waals surface area contributed by atoms with Crippen molar-refractivity contribution in [2.24, 2.45) is 0 Å². The topological polar surface area (TPSA) is 42.7 Å². The largest absolute Gasteiger partial charge is 0.311 e. The van der Waals surface area contributed by atoms with E-state index in [-0.39, 0.29) is 5.54 Å². The van der Waals surface area contributed by atoms with E-state index in [2.05, 4.69) is 42.5 Å². The van der Waals surface area contributed by atoms with E-state index in [1.165, 1.54) is 25.7 Å². The number of nitrogens with zero attached hydrogens (tertiary/aromatic N) is 3. The smallest absolute Gasteiger partial charge is 0.0965 e. The molecule has 1 heterocycles. The summed E-state index contributed by atoms with van der Waals surface area (Å²) in [5.74, 6) is 0. The minimum atomic E-state index is 0.0138. The molecule has 0 bridgehead atoms. The summed E-state index contributed by atoms with van der Waals surface area (Å²) in [4.78, 5) is 0. The minimum absolute atomic E-state index is 0.0138. The van der Waals surface area contributed by atoms with Crippen LogP contribution in [0.3, 0.4) is 0 Å². The first-order valence-electron chi connectivity index (χ1n) is 6.86. The maximum absolute atomic E-state index is 4.19. The van der Waals surface area contributed by atoms with Gasteiger partial charge in [0.2, 0.25) is 0 Å². The van der Waals surface area contributed by atoms with E-state index < -0.39 is 0 Å². The highest BCUT2D eigenvalue weighted by Crippen LogP contribution is 2.19. The summed E-state index contributed by atoms with van der Waals surface area (Å²) in [6.45, 7) is 8.24. The number of rotatable bonds is 5. The predicted octanol–water partition coefficient (Wildman–Crippen LogP) is 2.62. The van der Waals surface area contributed by atoms with Gasteiger partial charge in [0.25, 0.3) is 0 Å². The van der Waals surface area contributed by atoms with Gasteiger partial charge in [0.1, 0.15) is 0 Å². The molecule has 0 fully saturated rings. The first-order chi connectivity index (χ1) is 8.55. The molecule has 18 heavy (non-hydrogen) atoms. The molecule has 2 rings (SSSR count). The Labute approximate surface area is 109 Å². The lowest BCUT2D eigenvalue weighted by atomic mass is 10.1. The molecular formula is C14H24N4.